The fraction of sp³-hybridized carbons (Fsp3) is 0.952. The van der Waals surface area contributed by atoms with Crippen molar-refractivity contribution in [3.05, 3.63) is 0 Å². The highest BCUT2D eigenvalue weighted by Gasteiger charge is 2.33. The zero-order valence-electron chi connectivity index (χ0n) is 16.6. The first kappa shape index (κ1) is 19.2. The van der Waals surface area contributed by atoms with Crippen molar-refractivity contribution in [3.8, 4) is 0 Å². The van der Waals surface area contributed by atoms with E-state index in [0.29, 0.717) is 30.6 Å². The maximum Gasteiger partial charge on any atom is 0.237 e. The van der Waals surface area contributed by atoms with E-state index in [0.717, 1.165) is 13.1 Å². The van der Waals surface area contributed by atoms with Gasteiger partial charge in [0, 0.05) is 18.1 Å². The molecule has 0 N–H and O–H groups in total. The fourth-order valence-electron chi connectivity index (χ4n) is 5.28. The van der Waals surface area contributed by atoms with Crippen LogP contribution >= 0.6 is 0 Å². The zero-order chi connectivity index (χ0) is 17.6. The molecule has 3 aliphatic rings. The van der Waals surface area contributed by atoms with Crippen LogP contribution in [0.3, 0.4) is 0 Å². The molecule has 0 aromatic heterocycles. The predicted molar refractivity (Wildman–Crippen MR) is 104 cm³/mol. The second-order valence-corrected chi connectivity index (χ2v) is 8.83. The molecule has 25 heavy (non-hydrogen) atoms. The lowest BCUT2D eigenvalue weighted by Gasteiger charge is -2.43. The largest absolute Gasteiger partial charge is 0.336 e. The molecule has 1 aliphatic heterocycles. The summed E-state index contributed by atoms with van der Waals surface area (Å²) < 4.78 is 0. The highest BCUT2D eigenvalue weighted by Crippen LogP contribution is 2.30. The van der Waals surface area contributed by atoms with Crippen LogP contribution in [0.1, 0.15) is 77.0 Å². The van der Waals surface area contributed by atoms with Crippen molar-refractivity contribution in [1.29, 1.82) is 0 Å². The molecule has 1 heterocycles. The molecule has 0 radical (unpaired) electrons. The van der Waals surface area contributed by atoms with E-state index in [1.54, 1.807) is 0 Å². The molecule has 1 saturated heterocycles. The first-order valence-electron chi connectivity index (χ1n) is 10.8. The molecule has 0 aromatic rings. The first-order chi connectivity index (χ1) is 12.1. The molecule has 3 rings (SSSR count). The number of likely N-dealkylation sites (tertiary alicyclic amines) is 1. The van der Waals surface area contributed by atoms with E-state index in [1.807, 2.05) is 0 Å². The Morgan fingerprint density at radius 3 is 1.76 bits per heavy atom. The molecule has 2 saturated carbocycles. The van der Waals surface area contributed by atoms with Gasteiger partial charge in [0.25, 0.3) is 0 Å². The van der Waals surface area contributed by atoms with E-state index in [9.17, 15) is 4.79 Å². The summed E-state index contributed by atoms with van der Waals surface area (Å²) in [5.41, 5.74) is 0. The number of hydrogen-bond acceptors (Lipinski definition) is 3. The van der Waals surface area contributed by atoms with Crippen LogP contribution in [0.4, 0.5) is 0 Å². The van der Waals surface area contributed by atoms with Crippen LogP contribution < -0.4 is 0 Å². The highest BCUT2D eigenvalue weighted by atomic mass is 16.2. The Kier molecular flexibility index (Phi) is 7.18. The highest BCUT2D eigenvalue weighted by molar-refractivity contribution is 5.79. The number of piperidine rings is 1. The van der Waals surface area contributed by atoms with Gasteiger partial charge in [-0.05, 0) is 65.7 Å². The molecule has 144 valence electrons. The first-order valence-corrected chi connectivity index (χ1v) is 10.8. The van der Waals surface area contributed by atoms with Crippen LogP contribution in [0.5, 0.6) is 0 Å². The van der Waals surface area contributed by atoms with Crippen LogP contribution in [0.25, 0.3) is 0 Å². The third-order valence-corrected chi connectivity index (χ3v) is 6.92. The van der Waals surface area contributed by atoms with E-state index < -0.39 is 0 Å². The molecule has 4 heteroatoms. The standard InChI is InChI=1S/C21H39N3O/c1-22-15-13-18(14-16-22)23(2)17-21(25)24(19-9-5-3-6-10-19)20-11-7-4-8-12-20/h18-20H,3-17H2,1-2H3. The lowest BCUT2D eigenvalue weighted by atomic mass is 9.88. The van der Waals surface area contributed by atoms with Gasteiger partial charge >= 0.3 is 0 Å². The topological polar surface area (TPSA) is 26.8 Å². The van der Waals surface area contributed by atoms with Gasteiger partial charge in [0.1, 0.15) is 0 Å². The SMILES string of the molecule is CN1CCC(N(C)CC(=O)N(C2CCCCC2)C2CCCCC2)CC1. The van der Waals surface area contributed by atoms with E-state index >= 15 is 0 Å². The van der Waals surface area contributed by atoms with Crippen LogP contribution in [-0.2, 0) is 4.79 Å². The van der Waals surface area contributed by atoms with Crippen molar-refractivity contribution in [2.45, 2.75) is 95.2 Å². The van der Waals surface area contributed by atoms with Crippen molar-refractivity contribution in [3.63, 3.8) is 0 Å². The van der Waals surface area contributed by atoms with Crippen molar-refractivity contribution in [2.24, 2.45) is 0 Å². The maximum atomic E-state index is 13.3. The Bertz CT molecular complexity index is 389. The van der Waals surface area contributed by atoms with Crippen molar-refractivity contribution < 1.29 is 4.79 Å². The number of nitrogens with zero attached hydrogens (tertiary/aromatic N) is 3. The molecular formula is C21H39N3O. The van der Waals surface area contributed by atoms with Crippen LogP contribution in [0.15, 0.2) is 0 Å². The van der Waals surface area contributed by atoms with Gasteiger partial charge in [0.2, 0.25) is 5.91 Å². The van der Waals surface area contributed by atoms with Crippen molar-refractivity contribution >= 4 is 5.91 Å². The van der Waals surface area contributed by atoms with Gasteiger partial charge in [-0.2, -0.15) is 0 Å². The van der Waals surface area contributed by atoms with Crippen LogP contribution in [0.2, 0.25) is 0 Å². The van der Waals surface area contributed by atoms with Gasteiger partial charge in [-0.1, -0.05) is 38.5 Å². The van der Waals surface area contributed by atoms with Gasteiger partial charge in [-0.25, -0.2) is 0 Å². The summed E-state index contributed by atoms with van der Waals surface area (Å²) >= 11 is 0. The van der Waals surface area contributed by atoms with Crippen LogP contribution in [-0.4, -0.2) is 72.5 Å². The van der Waals surface area contributed by atoms with Gasteiger partial charge in [0.05, 0.1) is 6.54 Å². The second kappa shape index (κ2) is 9.36. The Hall–Kier alpha value is -0.610. The minimum absolute atomic E-state index is 0.417. The molecule has 0 unspecified atom stereocenters. The van der Waals surface area contributed by atoms with E-state index in [-0.39, 0.29) is 0 Å². The minimum Gasteiger partial charge on any atom is -0.336 e. The molecular weight excluding hydrogens is 310 g/mol. The molecule has 2 aliphatic carbocycles. The number of amides is 1. The number of rotatable bonds is 5. The number of carbonyl (C=O) groups excluding carboxylic acids is 1. The summed E-state index contributed by atoms with van der Waals surface area (Å²) in [5.74, 6) is 0.417. The summed E-state index contributed by atoms with van der Waals surface area (Å²) in [7, 11) is 4.38. The average Bonchev–Trinajstić information content (AvgIpc) is 2.64. The quantitative estimate of drug-likeness (QED) is 0.760. The summed E-state index contributed by atoms with van der Waals surface area (Å²) in [4.78, 5) is 20.5. The number of carbonyl (C=O) groups is 1. The third kappa shape index (κ3) is 5.19. The van der Waals surface area contributed by atoms with Crippen molar-refractivity contribution in [2.75, 3.05) is 33.7 Å². The van der Waals surface area contributed by atoms with Gasteiger partial charge < -0.3 is 9.80 Å². The molecule has 0 spiro atoms. The van der Waals surface area contributed by atoms with Crippen LogP contribution in [0, 0.1) is 0 Å². The van der Waals surface area contributed by atoms with Gasteiger partial charge in [-0.3, -0.25) is 9.69 Å². The minimum atomic E-state index is 0.417. The summed E-state index contributed by atoms with van der Waals surface area (Å²) in [6.45, 7) is 2.96. The molecule has 3 fully saturated rings. The Morgan fingerprint density at radius 2 is 1.28 bits per heavy atom. The summed E-state index contributed by atoms with van der Waals surface area (Å²) in [6, 6.07) is 1.63. The fourth-order valence-corrected chi connectivity index (χ4v) is 5.28. The molecule has 0 aromatic carbocycles. The smallest absolute Gasteiger partial charge is 0.237 e. The maximum absolute atomic E-state index is 13.3. The molecule has 0 bridgehead atoms. The number of likely N-dealkylation sites (N-methyl/N-ethyl adjacent to an activating group) is 1. The predicted octanol–water partition coefficient (Wildman–Crippen LogP) is 3.51. The Balaban J connectivity index is 1.61. The normalized spacial score (nSPS) is 25.4. The summed E-state index contributed by atoms with van der Waals surface area (Å²) in [6.07, 6.45) is 15.3. The molecule has 1 amide bonds. The molecule has 4 nitrogen and oxygen atoms in total. The van der Waals surface area contributed by atoms with Gasteiger partial charge in [0.15, 0.2) is 0 Å². The zero-order valence-corrected chi connectivity index (χ0v) is 16.6. The van der Waals surface area contributed by atoms with Crippen molar-refractivity contribution in [1.82, 2.24) is 14.7 Å². The van der Waals surface area contributed by atoms with E-state index in [4.69, 9.17) is 0 Å². The average molecular weight is 350 g/mol. The lowest BCUT2D eigenvalue weighted by Crippen LogP contribution is -2.53. The summed E-state index contributed by atoms with van der Waals surface area (Å²) in [5, 5.41) is 0. The monoisotopic (exact) mass is 349 g/mol. The molecule has 0 atom stereocenters. The number of hydrogen-bond donors (Lipinski definition) is 0. The van der Waals surface area contributed by atoms with E-state index in [2.05, 4.69) is 28.8 Å². The lowest BCUT2D eigenvalue weighted by molar-refractivity contribution is -0.139. The third-order valence-electron chi connectivity index (χ3n) is 6.92. The Morgan fingerprint density at radius 1 is 0.800 bits per heavy atom. The van der Waals surface area contributed by atoms with E-state index in [1.165, 1.54) is 77.0 Å². The Labute approximate surface area is 154 Å². The van der Waals surface area contributed by atoms with Gasteiger partial charge in [-0.15, -0.1) is 0 Å². The second-order valence-electron chi connectivity index (χ2n) is 8.83.